The third kappa shape index (κ3) is 8.30. The van der Waals surface area contributed by atoms with Crippen molar-refractivity contribution in [2.24, 2.45) is 17.8 Å². The van der Waals surface area contributed by atoms with E-state index in [9.17, 15) is 40.8 Å². The Morgan fingerprint density at radius 3 is 2.46 bits per heavy atom. The van der Waals surface area contributed by atoms with E-state index >= 15 is 0 Å². The summed E-state index contributed by atoms with van der Waals surface area (Å²) in [5.41, 5.74) is -4.48. The first-order chi connectivity index (χ1) is 25.3. The Hall–Kier alpha value is -4.41. The molecule has 0 bridgehead atoms. The molecule has 7 unspecified atom stereocenters. The third-order valence-corrected chi connectivity index (χ3v) is 12.7. The van der Waals surface area contributed by atoms with Gasteiger partial charge in [0.05, 0.1) is 11.8 Å². The molecule has 6 rings (SSSR count). The Morgan fingerprint density at radius 2 is 1.76 bits per heavy atom. The molecule has 1 aromatic carbocycles. The smallest absolute Gasteiger partial charge is 0.427 e. The number of allylic oxidation sites excluding steroid dienone is 1. The second kappa shape index (κ2) is 14.7. The highest BCUT2D eigenvalue weighted by Crippen LogP contribution is 2.46. The molecule has 13 nitrogen and oxygen atoms in total. The Labute approximate surface area is 311 Å². The molecule has 4 aliphatic rings. The fourth-order valence-corrected chi connectivity index (χ4v) is 8.47. The Balaban J connectivity index is 1.34. The van der Waals surface area contributed by atoms with Gasteiger partial charge in [0.15, 0.2) is 0 Å². The van der Waals surface area contributed by atoms with Gasteiger partial charge in [-0.3, -0.25) is 19.1 Å². The summed E-state index contributed by atoms with van der Waals surface area (Å²) < 4.78 is 79.9. The Morgan fingerprint density at radius 1 is 1.04 bits per heavy atom. The molecule has 2 aliphatic carbocycles. The van der Waals surface area contributed by atoms with Crippen LogP contribution >= 0.6 is 0 Å². The van der Waals surface area contributed by atoms with Gasteiger partial charge < -0.3 is 25.0 Å². The first kappa shape index (κ1) is 39.3. The summed E-state index contributed by atoms with van der Waals surface area (Å²) in [7, 11) is -3.97. The summed E-state index contributed by atoms with van der Waals surface area (Å²) in [5.74, 6) is -3.30. The molecule has 3 N–H and O–H groups in total. The van der Waals surface area contributed by atoms with Gasteiger partial charge in [-0.25, -0.2) is 18.2 Å². The monoisotopic (exact) mass is 777 g/mol. The fourth-order valence-electron chi connectivity index (χ4n) is 7.11. The average molecular weight is 778 g/mol. The number of aromatic nitrogens is 1. The molecule has 2 aromatic rings. The van der Waals surface area contributed by atoms with Gasteiger partial charge in [-0.15, -0.1) is 0 Å². The number of rotatable bonds is 7. The number of carbonyl (C=O) groups is 4. The van der Waals surface area contributed by atoms with Gasteiger partial charge in [0.2, 0.25) is 33.3 Å². The van der Waals surface area contributed by atoms with E-state index < -0.39 is 86.4 Å². The van der Waals surface area contributed by atoms with Crippen LogP contribution in [0.3, 0.4) is 0 Å². The number of alkyl halides is 3. The molecule has 294 valence electrons. The van der Waals surface area contributed by atoms with Gasteiger partial charge in [0, 0.05) is 23.9 Å². The lowest BCUT2D eigenvalue weighted by atomic mass is 9.92. The van der Waals surface area contributed by atoms with E-state index in [2.05, 4.69) is 20.3 Å². The van der Waals surface area contributed by atoms with Crippen molar-refractivity contribution in [3.63, 3.8) is 0 Å². The third-order valence-electron chi connectivity index (χ3n) is 10.9. The molecule has 0 radical (unpaired) electrons. The van der Waals surface area contributed by atoms with E-state index in [0.29, 0.717) is 51.3 Å². The minimum atomic E-state index is -4.90. The largest absolute Gasteiger partial charge is 0.472 e. The second-order valence-electron chi connectivity index (χ2n) is 15.6. The van der Waals surface area contributed by atoms with E-state index in [4.69, 9.17) is 9.47 Å². The number of fused-ring (bicyclic) bond motifs is 3. The van der Waals surface area contributed by atoms with E-state index in [1.165, 1.54) is 4.90 Å². The molecule has 1 aromatic heterocycles. The van der Waals surface area contributed by atoms with Crippen molar-refractivity contribution in [3.05, 3.63) is 48.7 Å². The minimum absolute atomic E-state index is 0.0158. The molecule has 7 atom stereocenters. The van der Waals surface area contributed by atoms with Crippen LogP contribution in [-0.2, 0) is 29.1 Å². The maximum absolute atomic E-state index is 14.6. The topological polar surface area (TPSA) is 173 Å². The average Bonchev–Trinajstić information content (AvgIpc) is 4.02. The lowest BCUT2D eigenvalue weighted by Gasteiger charge is -2.33. The van der Waals surface area contributed by atoms with Crippen molar-refractivity contribution in [3.8, 4) is 5.88 Å². The lowest BCUT2D eigenvalue weighted by molar-refractivity contribution is -0.244. The van der Waals surface area contributed by atoms with Gasteiger partial charge in [0.1, 0.15) is 23.7 Å². The van der Waals surface area contributed by atoms with Crippen molar-refractivity contribution >= 4 is 44.6 Å². The number of sulfonamides is 1. The van der Waals surface area contributed by atoms with Crippen LogP contribution < -0.4 is 20.1 Å². The summed E-state index contributed by atoms with van der Waals surface area (Å²) in [5, 5.41) is 5.98. The molecular formula is C37H46F3N5O8S. The first-order valence-corrected chi connectivity index (χ1v) is 19.8. The van der Waals surface area contributed by atoms with Crippen LogP contribution in [-0.4, -0.2) is 89.4 Å². The number of pyridine rings is 1. The van der Waals surface area contributed by atoms with Crippen molar-refractivity contribution < 1.29 is 50.2 Å². The minimum Gasteiger partial charge on any atom is -0.472 e. The molecule has 3 heterocycles. The first-order valence-electron chi connectivity index (χ1n) is 18.2. The molecule has 1 saturated heterocycles. The number of alkyl carbamates (subject to hydrolysis) is 1. The number of halogens is 3. The van der Waals surface area contributed by atoms with Gasteiger partial charge in [-0.1, -0.05) is 50.6 Å². The molecule has 4 amide bonds. The number of nitrogens with zero attached hydrogens (tertiary/aromatic N) is 2. The van der Waals surface area contributed by atoms with Crippen molar-refractivity contribution in [2.75, 3.05) is 6.54 Å². The number of nitrogens with one attached hydrogen (secondary N) is 3. The Bertz CT molecular complexity index is 1930. The zero-order valence-corrected chi connectivity index (χ0v) is 31.3. The van der Waals surface area contributed by atoms with Crippen LogP contribution in [0.15, 0.2) is 48.7 Å². The highest BCUT2D eigenvalue weighted by Gasteiger charge is 2.62. The van der Waals surface area contributed by atoms with Gasteiger partial charge >= 0.3 is 12.3 Å². The number of ether oxygens (including phenoxy) is 2. The highest BCUT2D eigenvalue weighted by molar-refractivity contribution is 7.91. The van der Waals surface area contributed by atoms with Crippen LogP contribution in [0.1, 0.15) is 72.6 Å². The number of carbonyl (C=O) groups excluding carboxylic acids is 4. The van der Waals surface area contributed by atoms with Gasteiger partial charge in [0.25, 0.3) is 5.91 Å². The molecule has 17 heteroatoms. The maximum Gasteiger partial charge on any atom is 0.427 e. The van der Waals surface area contributed by atoms with Crippen molar-refractivity contribution in [2.45, 2.75) is 113 Å². The summed E-state index contributed by atoms with van der Waals surface area (Å²) in [4.78, 5) is 61.3. The van der Waals surface area contributed by atoms with E-state index in [0.717, 1.165) is 5.39 Å². The summed E-state index contributed by atoms with van der Waals surface area (Å²) in [6, 6.07) is 6.43. The zero-order chi connectivity index (χ0) is 39.2. The molecule has 54 heavy (non-hydrogen) atoms. The molecular weight excluding hydrogens is 731 g/mol. The van der Waals surface area contributed by atoms with E-state index in [1.807, 2.05) is 25.1 Å². The summed E-state index contributed by atoms with van der Waals surface area (Å²) in [6.07, 6.45) is 0.540. The van der Waals surface area contributed by atoms with Crippen LogP contribution in [0.2, 0.25) is 0 Å². The van der Waals surface area contributed by atoms with Gasteiger partial charge in [-0.2, -0.15) is 13.2 Å². The zero-order valence-electron chi connectivity index (χ0n) is 30.5. The highest BCUT2D eigenvalue weighted by atomic mass is 32.2. The predicted octanol–water partition coefficient (Wildman–Crippen LogP) is 4.51. The van der Waals surface area contributed by atoms with Gasteiger partial charge in [-0.05, 0) is 75.3 Å². The predicted molar refractivity (Wildman–Crippen MR) is 190 cm³/mol. The van der Waals surface area contributed by atoms with Crippen molar-refractivity contribution in [1.82, 2.24) is 25.2 Å². The lowest BCUT2D eigenvalue weighted by Crippen LogP contribution is -2.59. The molecule has 0 spiro atoms. The normalized spacial score (nSPS) is 29.6. The number of benzene rings is 1. The summed E-state index contributed by atoms with van der Waals surface area (Å²) >= 11 is 0. The standard InChI is InChI=1S/C37H46F3N5O8S/c1-21-8-7-9-22(2)29(42-34(49)53-35(3,4)37(38,39)40)32(47)45-20-25(52-31-27-11-6-5-10-23(27)16-17-41-31)18-28(45)30(46)43-36(19-24(36)13-12-21)33(48)44-54(50,51)26-14-15-26/h5-6,10-13,16-17,21-22,24-26,28-29H,7-9,14-15,18-20H2,1-4H3,(H,42,49)(H,43,46)(H,44,48). The molecule has 2 aliphatic heterocycles. The fraction of sp³-hybridized carbons (Fsp3) is 0.595. The molecule has 2 saturated carbocycles. The number of hydrogen-bond donors (Lipinski definition) is 3. The summed E-state index contributed by atoms with van der Waals surface area (Å²) in [6.45, 7) is 4.84. The van der Waals surface area contributed by atoms with E-state index in [-0.39, 0.29) is 31.2 Å². The van der Waals surface area contributed by atoms with Crippen LogP contribution in [0.5, 0.6) is 5.88 Å². The number of hydrogen-bond acceptors (Lipinski definition) is 9. The second-order valence-corrected chi connectivity index (χ2v) is 17.5. The van der Waals surface area contributed by atoms with E-state index in [1.54, 1.807) is 37.4 Å². The van der Waals surface area contributed by atoms with Crippen LogP contribution in [0, 0.1) is 17.8 Å². The van der Waals surface area contributed by atoms with Crippen LogP contribution in [0.25, 0.3) is 10.8 Å². The SMILES string of the molecule is CC1C=CC2CC2(C(=O)NS(=O)(=O)C2CC2)NC(=O)C2CC(Oc3nccc4ccccc34)CN2C(=O)C(NC(=O)OC(C)(C)C(F)(F)F)C(C)CCC1. The van der Waals surface area contributed by atoms with Crippen molar-refractivity contribution in [1.29, 1.82) is 0 Å². The van der Waals surface area contributed by atoms with Crippen LogP contribution in [0.4, 0.5) is 18.0 Å². The molecule has 3 fully saturated rings. The quantitative estimate of drug-likeness (QED) is 0.342. The maximum atomic E-state index is 14.6. The number of amides is 4. The Kier molecular flexibility index (Phi) is 10.7.